The van der Waals surface area contributed by atoms with Gasteiger partial charge < -0.3 is 10.8 Å². The SMILES string of the molecule is Cc1cc(N)ccc1S(=O)(=O)N(C)c1ccc(O)cc1. The Hall–Kier alpha value is -2.21. The number of rotatable bonds is 3. The topological polar surface area (TPSA) is 83.6 Å². The second kappa shape index (κ2) is 5.05. The van der Waals surface area contributed by atoms with Crippen LogP contribution in [0.15, 0.2) is 47.4 Å². The Labute approximate surface area is 118 Å². The number of benzene rings is 2. The smallest absolute Gasteiger partial charge is 0.264 e. The highest BCUT2D eigenvalue weighted by Gasteiger charge is 2.23. The van der Waals surface area contributed by atoms with Crippen molar-refractivity contribution in [1.82, 2.24) is 0 Å². The average molecular weight is 292 g/mol. The van der Waals surface area contributed by atoms with Crippen molar-refractivity contribution in [3.05, 3.63) is 48.0 Å². The van der Waals surface area contributed by atoms with Crippen molar-refractivity contribution >= 4 is 21.4 Å². The first-order chi connectivity index (χ1) is 9.32. The van der Waals surface area contributed by atoms with Crippen LogP contribution < -0.4 is 10.0 Å². The minimum Gasteiger partial charge on any atom is -0.508 e. The largest absolute Gasteiger partial charge is 0.508 e. The number of aromatic hydroxyl groups is 1. The van der Waals surface area contributed by atoms with Crippen LogP contribution in [-0.4, -0.2) is 20.6 Å². The zero-order valence-electron chi connectivity index (χ0n) is 11.2. The molecule has 0 bridgehead atoms. The van der Waals surface area contributed by atoms with Crippen molar-refractivity contribution < 1.29 is 13.5 Å². The molecule has 6 heteroatoms. The fourth-order valence-electron chi connectivity index (χ4n) is 1.91. The quantitative estimate of drug-likeness (QED) is 0.849. The maximum absolute atomic E-state index is 12.6. The summed E-state index contributed by atoms with van der Waals surface area (Å²) in [5.41, 5.74) is 7.22. The Balaban J connectivity index is 2.46. The molecule has 0 aromatic heterocycles. The number of nitrogens with zero attached hydrogens (tertiary/aromatic N) is 1. The molecule has 0 aliphatic carbocycles. The fourth-order valence-corrected chi connectivity index (χ4v) is 3.31. The van der Waals surface area contributed by atoms with Crippen LogP contribution in [0.25, 0.3) is 0 Å². The molecule has 0 fully saturated rings. The normalized spacial score (nSPS) is 11.3. The summed E-state index contributed by atoms with van der Waals surface area (Å²) in [6, 6.07) is 10.6. The van der Waals surface area contributed by atoms with Gasteiger partial charge in [0, 0.05) is 12.7 Å². The van der Waals surface area contributed by atoms with E-state index >= 15 is 0 Å². The molecule has 0 unspecified atom stereocenters. The number of nitrogens with two attached hydrogens (primary N) is 1. The second-order valence-corrected chi connectivity index (χ2v) is 6.45. The van der Waals surface area contributed by atoms with Crippen molar-refractivity contribution in [2.75, 3.05) is 17.1 Å². The van der Waals surface area contributed by atoms with E-state index in [1.54, 1.807) is 31.2 Å². The molecular formula is C14H16N2O3S. The van der Waals surface area contributed by atoms with Gasteiger partial charge in [-0.05, 0) is 55.0 Å². The number of phenolic OH excluding ortho intramolecular Hbond substituents is 1. The first-order valence-corrected chi connectivity index (χ1v) is 7.40. The van der Waals surface area contributed by atoms with Crippen LogP contribution in [0.4, 0.5) is 11.4 Å². The summed E-state index contributed by atoms with van der Waals surface area (Å²) in [5, 5.41) is 9.25. The van der Waals surface area contributed by atoms with Gasteiger partial charge in [0.15, 0.2) is 0 Å². The van der Waals surface area contributed by atoms with E-state index in [0.29, 0.717) is 16.9 Å². The predicted octanol–water partition coefficient (Wildman–Crippen LogP) is 2.11. The third kappa shape index (κ3) is 2.55. The van der Waals surface area contributed by atoms with E-state index in [1.165, 1.54) is 29.6 Å². The molecule has 0 aliphatic heterocycles. The van der Waals surface area contributed by atoms with Crippen LogP contribution in [0.5, 0.6) is 5.75 Å². The van der Waals surface area contributed by atoms with Gasteiger partial charge in [-0.2, -0.15) is 0 Å². The lowest BCUT2D eigenvalue weighted by Gasteiger charge is -2.20. The van der Waals surface area contributed by atoms with Crippen LogP contribution in [-0.2, 0) is 10.0 Å². The summed E-state index contributed by atoms with van der Waals surface area (Å²) in [5.74, 6) is 0.0863. The minimum atomic E-state index is -3.66. The zero-order valence-corrected chi connectivity index (χ0v) is 12.1. The molecule has 106 valence electrons. The zero-order chi connectivity index (χ0) is 14.9. The lowest BCUT2D eigenvalue weighted by molar-refractivity contribution is 0.475. The summed E-state index contributed by atoms with van der Waals surface area (Å²) in [4.78, 5) is 0.210. The van der Waals surface area contributed by atoms with E-state index in [1.807, 2.05) is 0 Å². The number of nitrogen functional groups attached to an aromatic ring is 1. The van der Waals surface area contributed by atoms with Gasteiger partial charge in [-0.1, -0.05) is 0 Å². The van der Waals surface area contributed by atoms with Crippen molar-refractivity contribution in [2.24, 2.45) is 0 Å². The van der Waals surface area contributed by atoms with E-state index in [9.17, 15) is 13.5 Å². The third-order valence-corrected chi connectivity index (χ3v) is 5.00. The highest BCUT2D eigenvalue weighted by molar-refractivity contribution is 7.92. The van der Waals surface area contributed by atoms with Gasteiger partial charge in [0.25, 0.3) is 10.0 Å². The maximum atomic E-state index is 12.6. The lowest BCUT2D eigenvalue weighted by Crippen LogP contribution is -2.27. The Bertz CT molecular complexity index is 725. The molecule has 2 aromatic carbocycles. The molecule has 0 saturated carbocycles. The van der Waals surface area contributed by atoms with E-state index < -0.39 is 10.0 Å². The lowest BCUT2D eigenvalue weighted by atomic mass is 10.2. The predicted molar refractivity (Wildman–Crippen MR) is 79.3 cm³/mol. The molecule has 5 nitrogen and oxygen atoms in total. The van der Waals surface area contributed by atoms with Gasteiger partial charge in [-0.25, -0.2) is 8.42 Å². The molecule has 0 spiro atoms. The Morgan fingerprint density at radius 3 is 2.25 bits per heavy atom. The molecular weight excluding hydrogens is 276 g/mol. The molecule has 0 radical (unpaired) electrons. The van der Waals surface area contributed by atoms with Gasteiger partial charge >= 0.3 is 0 Å². The molecule has 0 aliphatic rings. The summed E-state index contributed by atoms with van der Waals surface area (Å²) in [6.07, 6.45) is 0. The molecule has 0 atom stereocenters. The molecule has 0 amide bonds. The first kappa shape index (κ1) is 14.2. The van der Waals surface area contributed by atoms with Crippen LogP contribution in [0.2, 0.25) is 0 Å². The van der Waals surface area contributed by atoms with Gasteiger partial charge in [-0.15, -0.1) is 0 Å². The summed E-state index contributed by atoms with van der Waals surface area (Å²) in [7, 11) is -2.19. The van der Waals surface area contributed by atoms with Gasteiger partial charge in [0.1, 0.15) is 5.75 Å². The maximum Gasteiger partial charge on any atom is 0.264 e. The molecule has 0 heterocycles. The molecule has 0 saturated heterocycles. The Morgan fingerprint density at radius 1 is 1.10 bits per heavy atom. The summed E-state index contributed by atoms with van der Waals surface area (Å²) >= 11 is 0. The van der Waals surface area contributed by atoms with Gasteiger partial charge in [-0.3, -0.25) is 4.31 Å². The number of sulfonamides is 1. The van der Waals surface area contributed by atoms with E-state index in [2.05, 4.69) is 0 Å². The molecule has 2 rings (SSSR count). The van der Waals surface area contributed by atoms with Crippen molar-refractivity contribution in [3.8, 4) is 5.75 Å². The van der Waals surface area contributed by atoms with Crippen LogP contribution >= 0.6 is 0 Å². The third-order valence-electron chi connectivity index (χ3n) is 3.05. The van der Waals surface area contributed by atoms with Crippen molar-refractivity contribution in [1.29, 1.82) is 0 Å². The van der Waals surface area contributed by atoms with Crippen LogP contribution in [0, 0.1) is 6.92 Å². The highest BCUT2D eigenvalue weighted by Crippen LogP contribution is 2.26. The molecule has 20 heavy (non-hydrogen) atoms. The average Bonchev–Trinajstić information content (AvgIpc) is 2.38. The fraction of sp³-hybridized carbons (Fsp3) is 0.143. The Morgan fingerprint density at radius 2 is 1.70 bits per heavy atom. The van der Waals surface area contributed by atoms with E-state index in [0.717, 1.165) is 0 Å². The highest BCUT2D eigenvalue weighted by atomic mass is 32.2. The number of aryl methyl sites for hydroxylation is 1. The number of anilines is 2. The molecule has 3 N–H and O–H groups in total. The van der Waals surface area contributed by atoms with Crippen LogP contribution in [0.3, 0.4) is 0 Å². The Kier molecular flexibility index (Phi) is 3.59. The second-order valence-electron chi connectivity index (χ2n) is 4.51. The number of phenols is 1. The standard InChI is InChI=1S/C14H16N2O3S/c1-10-9-11(15)3-8-14(10)20(18,19)16(2)12-4-6-13(17)7-5-12/h3-9,17H,15H2,1-2H3. The van der Waals surface area contributed by atoms with Gasteiger partial charge in [0.05, 0.1) is 10.6 Å². The molecule has 2 aromatic rings. The van der Waals surface area contributed by atoms with Gasteiger partial charge in [0.2, 0.25) is 0 Å². The number of hydrogen-bond acceptors (Lipinski definition) is 4. The first-order valence-electron chi connectivity index (χ1n) is 5.96. The summed E-state index contributed by atoms with van der Waals surface area (Å²) < 4.78 is 26.3. The van der Waals surface area contributed by atoms with Crippen molar-refractivity contribution in [2.45, 2.75) is 11.8 Å². The van der Waals surface area contributed by atoms with Crippen molar-refractivity contribution in [3.63, 3.8) is 0 Å². The van der Waals surface area contributed by atoms with E-state index in [-0.39, 0.29) is 10.6 Å². The van der Waals surface area contributed by atoms with Crippen LogP contribution in [0.1, 0.15) is 5.56 Å². The summed E-state index contributed by atoms with van der Waals surface area (Å²) in [6.45, 7) is 1.70. The van der Waals surface area contributed by atoms with E-state index in [4.69, 9.17) is 5.73 Å². The minimum absolute atomic E-state index is 0.0863. The number of hydrogen-bond donors (Lipinski definition) is 2. The monoisotopic (exact) mass is 292 g/mol.